The SMILES string of the molecule is CC(C)CNC(=O)c1cc(NS(=O)(=O)c2ccc(C(C)(C)C)cc2)ccc1N1CCNCC1.O=C(O)C(F)(F)F. The Bertz CT molecular complexity index is 1270. The summed E-state index contributed by atoms with van der Waals surface area (Å²) in [6.07, 6.45) is -5.08. The standard InChI is InChI=1S/C25H36N4O3S.C2HF3O2/c1-18(2)17-27-24(30)22-16-20(8-11-23(22)29-14-12-26-13-15-29)28-33(31,32)21-9-6-19(7-10-21)25(3,4)5;3-2(4,5)1(6)7/h6-11,16,18,26,28H,12-15,17H2,1-5H3,(H,27,30);(H,6,7). The number of sulfonamides is 1. The molecule has 1 heterocycles. The van der Waals surface area contributed by atoms with Gasteiger partial charge in [-0.15, -0.1) is 0 Å². The Morgan fingerprint density at radius 3 is 2.05 bits per heavy atom. The van der Waals surface area contributed by atoms with Gasteiger partial charge in [0.1, 0.15) is 0 Å². The predicted molar refractivity (Wildman–Crippen MR) is 148 cm³/mol. The van der Waals surface area contributed by atoms with Gasteiger partial charge in [0.15, 0.2) is 0 Å². The average Bonchev–Trinajstić information content (AvgIpc) is 2.87. The number of carbonyl (C=O) groups is 2. The highest BCUT2D eigenvalue weighted by molar-refractivity contribution is 7.92. The van der Waals surface area contributed by atoms with Crippen LogP contribution >= 0.6 is 0 Å². The number of nitrogens with one attached hydrogen (secondary N) is 3. The summed E-state index contributed by atoms with van der Waals surface area (Å²) in [5, 5.41) is 13.4. The predicted octanol–water partition coefficient (Wildman–Crippen LogP) is 4.21. The number of amides is 1. The lowest BCUT2D eigenvalue weighted by Crippen LogP contribution is -2.44. The van der Waals surface area contributed by atoms with Crippen LogP contribution < -0.4 is 20.3 Å². The zero-order valence-electron chi connectivity index (χ0n) is 23.2. The highest BCUT2D eigenvalue weighted by atomic mass is 32.2. The molecular weight excluding hydrogens is 549 g/mol. The lowest BCUT2D eigenvalue weighted by molar-refractivity contribution is -0.192. The van der Waals surface area contributed by atoms with Gasteiger partial charge in [0, 0.05) is 44.1 Å². The largest absolute Gasteiger partial charge is 0.490 e. The van der Waals surface area contributed by atoms with Gasteiger partial charge in [0.05, 0.1) is 10.5 Å². The van der Waals surface area contributed by atoms with E-state index >= 15 is 0 Å². The zero-order chi connectivity index (χ0) is 30.3. The number of aliphatic carboxylic acids is 1. The Balaban J connectivity index is 0.000000708. The van der Waals surface area contributed by atoms with E-state index in [0.29, 0.717) is 23.7 Å². The summed E-state index contributed by atoms with van der Waals surface area (Å²) >= 11 is 0. The van der Waals surface area contributed by atoms with Crippen LogP contribution in [0.3, 0.4) is 0 Å². The Labute approximate surface area is 233 Å². The number of carbonyl (C=O) groups excluding carboxylic acids is 1. The maximum Gasteiger partial charge on any atom is 0.490 e. The van der Waals surface area contributed by atoms with Crippen LogP contribution in [0.25, 0.3) is 0 Å². The molecule has 1 saturated heterocycles. The zero-order valence-corrected chi connectivity index (χ0v) is 24.0. The maximum absolute atomic E-state index is 13.0. The third kappa shape index (κ3) is 9.70. The minimum Gasteiger partial charge on any atom is -0.475 e. The van der Waals surface area contributed by atoms with Crippen LogP contribution in [0.2, 0.25) is 0 Å². The van der Waals surface area contributed by atoms with E-state index in [1.54, 1.807) is 24.3 Å². The molecule has 4 N–H and O–H groups in total. The molecule has 0 unspecified atom stereocenters. The second-order valence-corrected chi connectivity index (χ2v) is 12.4. The third-order valence-electron chi connectivity index (χ3n) is 5.90. The minimum absolute atomic E-state index is 0.0617. The van der Waals surface area contributed by atoms with Crippen LogP contribution in [0.1, 0.15) is 50.5 Å². The molecule has 0 aromatic heterocycles. The highest BCUT2D eigenvalue weighted by Crippen LogP contribution is 2.28. The third-order valence-corrected chi connectivity index (χ3v) is 7.29. The van der Waals surface area contributed by atoms with Crippen molar-refractivity contribution >= 4 is 33.3 Å². The molecule has 13 heteroatoms. The van der Waals surface area contributed by atoms with E-state index < -0.39 is 22.2 Å². The number of carboxylic acids is 1. The Hall–Kier alpha value is -3.32. The fourth-order valence-electron chi connectivity index (χ4n) is 3.70. The van der Waals surface area contributed by atoms with Crippen LogP contribution in [0, 0.1) is 5.92 Å². The van der Waals surface area contributed by atoms with Crippen molar-refractivity contribution in [2.45, 2.75) is 51.1 Å². The lowest BCUT2D eigenvalue weighted by Gasteiger charge is -2.31. The molecule has 0 spiro atoms. The molecule has 222 valence electrons. The van der Waals surface area contributed by atoms with E-state index in [-0.39, 0.29) is 16.2 Å². The fraction of sp³-hybridized carbons (Fsp3) is 0.481. The number of piperazine rings is 1. The number of benzene rings is 2. The van der Waals surface area contributed by atoms with Crippen molar-refractivity contribution in [3.8, 4) is 0 Å². The number of halogens is 3. The van der Waals surface area contributed by atoms with Crippen molar-refractivity contribution in [3.63, 3.8) is 0 Å². The normalized spacial score (nSPS) is 14.3. The smallest absolute Gasteiger partial charge is 0.475 e. The van der Waals surface area contributed by atoms with Gasteiger partial charge in [-0.3, -0.25) is 9.52 Å². The second kappa shape index (κ2) is 13.4. The molecule has 0 aliphatic carbocycles. The van der Waals surface area contributed by atoms with Crippen LogP contribution in [0.15, 0.2) is 47.4 Å². The van der Waals surface area contributed by atoms with Gasteiger partial charge in [-0.1, -0.05) is 46.8 Å². The first kappa shape index (κ1) is 32.9. The summed E-state index contributed by atoms with van der Waals surface area (Å²) in [6, 6.07) is 12.1. The molecule has 3 rings (SSSR count). The van der Waals surface area contributed by atoms with E-state index in [2.05, 4.69) is 41.0 Å². The van der Waals surface area contributed by atoms with Crippen molar-refractivity contribution in [3.05, 3.63) is 53.6 Å². The Morgan fingerprint density at radius 2 is 1.57 bits per heavy atom. The molecule has 0 saturated carbocycles. The molecule has 0 atom stereocenters. The summed E-state index contributed by atoms with van der Waals surface area (Å²) in [6.45, 7) is 14.1. The highest BCUT2D eigenvalue weighted by Gasteiger charge is 2.38. The van der Waals surface area contributed by atoms with Crippen LogP contribution in [-0.2, 0) is 20.2 Å². The molecule has 1 fully saturated rings. The number of nitrogens with zero attached hydrogens (tertiary/aromatic N) is 1. The van der Waals surface area contributed by atoms with Crippen molar-refractivity contribution < 1.29 is 36.3 Å². The van der Waals surface area contributed by atoms with Gasteiger partial charge in [-0.05, 0) is 47.2 Å². The monoisotopic (exact) mass is 586 g/mol. The van der Waals surface area contributed by atoms with Gasteiger partial charge in [0.25, 0.3) is 15.9 Å². The van der Waals surface area contributed by atoms with Gasteiger partial charge in [0.2, 0.25) is 0 Å². The summed E-state index contributed by atoms with van der Waals surface area (Å²) in [5.74, 6) is -2.64. The molecule has 2 aromatic rings. The summed E-state index contributed by atoms with van der Waals surface area (Å²) in [5.41, 5.74) is 2.65. The molecule has 2 aromatic carbocycles. The number of rotatable bonds is 7. The summed E-state index contributed by atoms with van der Waals surface area (Å²) in [4.78, 5) is 24.2. The molecule has 0 bridgehead atoms. The van der Waals surface area contributed by atoms with E-state index in [0.717, 1.165) is 37.4 Å². The van der Waals surface area contributed by atoms with Gasteiger partial charge in [-0.25, -0.2) is 13.2 Å². The van der Waals surface area contributed by atoms with E-state index in [4.69, 9.17) is 9.90 Å². The van der Waals surface area contributed by atoms with E-state index in [1.807, 2.05) is 32.0 Å². The Kier molecular flexibility index (Phi) is 11.0. The Morgan fingerprint density at radius 1 is 1.02 bits per heavy atom. The van der Waals surface area contributed by atoms with Crippen LogP contribution in [-0.4, -0.2) is 64.3 Å². The molecule has 1 aliphatic rings. The van der Waals surface area contributed by atoms with Crippen LogP contribution in [0.5, 0.6) is 0 Å². The second-order valence-electron chi connectivity index (χ2n) is 10.8. The maximum atomic E-state index is 13.0. The van der Waals surface area contributed by atoms with Gasteiger partial charge < -0.3 is 20.6 Å². The fourth-order valence-corrected chi connectivity index (χ4v) is 4.75. The average molecular weight is 587 g/mol. The summed E-state index contributed by atoms with van der Waals surface area (Å²) < 4.78 is 60.4. The van der Waals surface area contributed by atoms with E-state index in [1.165, 1.54) is 0 Å². The minimum atomic E-state index is -5.08. The number of hydrogen-bond donors (Lipinski definition) is 4. The van der Waals surface area contributed by atoms with Crippen molar-refractivity contribution in [1.29, 1.82) is 0 Å². The van der Waals surface area contributed by atoms with Crippen molar-refractivity contribution in [1.82, 2.24) is 10.6 Å². The molecule has 1 amide bonds. The lowest BCUT2D eigenvalue weighted by atomic mass is 9.87. The number of alkyl halides is 3. The molecule has 1 aliphatic heterocycles. The first-order chi connectivity index (χ1) is 18.4. The molecule has 9 nitrogen and oxygen atoms in total. The quantitative estimate of drug-likeness (QED) is 0.383. The molecule has 0 radical (unpaired) electrons. The van der Waals surface area contributed by atoms with E-state index in [9.17, 15) is 26.4 Å². The first-order valence-electron chi connectivity index (χ1n) is 12.7. The van der Waals surface area contributed by atoms with Crippen molar-refractivity contribution in [2.75, 3.05) is 42.3 Å². The summed E-state index contributed by atoms with van der Waals surface area (Å²) in [7, 11) is -3.79. The molecule has 40 heavy (non-hydrogen) atoms. The van der Waals surface area contributed by atoms with Crippen LogP contribution in [0.4, 0.5) is 24.5 Å². The first-order valence-corrected chi connectivity index (χ1v) is 14.2. The number of hydrogen-bond acceptors (Lipinski definition) is 6. The molecular formula is C27H37F3N4O5S. The number of carboxylic acid groups (broad SMARTS) is 1. The number of anilines is 2. The van der Waals surface area contributed by atoms with Gasteiger partial charge >= 0.3 is 12.1 Å². The van der Waals surface area contributed by atoms with Crippen molar-refractivity contribution in [2.24, 2.45) is 5.92 Å². The topological polar surface area (TPSA) is 128 Å². The van der Waals surface area contributed by atoms with Gasteiger partial charge in [-0.2, -0.15) is 13.2 Å².